The first-order valence-corrected chi connectivity index (χ1v) is 6.41. The molecule has 0 aliphatic heterocycles. The molecule has 0 aliphatic carbocycles. The summed E-state index contributed by atoms with van der Waals surface area (Å²) in [5.74, 6) is 2.71. The van der Waals surface area contributed by atoms with Gasteiger partial charge in [-0.2, -0.15) is 0 Å². The summed E-state index contributed by atoms with van der Waals surface area (Å²) in [5, 5.41) is 3.18. The molecule has 0 spiro atoms. The maximum Gasteiger partial charge on any atom is 0.0601 e. The van der Waals surface area contributed by atoms with Crippen LogP contribution >= 0.6 is 11.3 Å². The predicted molar refractivity (Wildman–Crippen MR) is 71.6 cm³/mol. The predicted octanol–water partition coefficient (Wildman–Crippen LogP) is 2.23. The molecule has 0 saturated heterocycles. The summed E-state index contributed by atoms with van der Waals surface area (Å²) in [4.78, 5) is 5.07. The molecule has 0 atom stereocenters. The Morgan fingerprint density at radius 1 is 1.56 bits per heavy atom. The molecule has 0 unspecified atom stereocenters. The quantitative estimate of drug-likeness (QED) is 0.762. The molecule has 88 valence electrons. The first-order chi connectivity index (χ1) is 7.71. The van der Waals surface area contributed by atoms with E-state index in [9.17, 15) is 0 Å². The summed E-state index contributed by atoms with van der Waals surface area (Å²) in [6.07, 6.45) is 5.35. The van der Waals surface area contributed by atoms with Crippen molar-refractivity contribution in [3.8, 4) is 12.3 Å². The molecule has 16 heavy (non-hydrogen) atoms. The van der Waals surface area contributed by atoms with Crippen molar-refractivity contribution in [1.82, 2.24) is 10.2 Å². The minimum absolute atomic E-state index is 0.729. The highest BCUT2D eigenvalue weighted by molar-refractivity contribution is 7.12. The number of thiophene rings is 1. The molecule has 3 heteroatoms. The molecular formula is C13H20N2S. The monoisotopic (exact) mass is 236 g/mol. The zero-order chi connectivity index (χ0) is 12.0. The summed E-state index contributed by atoms with van der Waals surface area (Å²) in [5.41, 5.74) is 1.41. The smallest absolute Gasteiger partial charge is 0.0601 e. The van der Waals surface area contributed by atoms with Crippen LogP contribution in [0.1, 0.15) is 22.2 Å². The second kappa shape index (κ2) is 6.70. The van der Waals surface area contributed by atoms with Gasteiger partial charge in [-0.15, -0.1) is 17.8 Å². The van der Waals surface area contributed by atoms with Crippen LogP contribution in [0.25, 0.3) is 0 Å². The molecule has 2 nitrogen and oxygen atoms in total. The van der Waals surface area contributed by atoms with Crippen molar-refractivity contribution < 1.29 is 0 Å². The Morgan fingerprint density at radius 3 is 2.88 bits per heavy atom. The summed E-state index contributed by atoms with van der Waals surface area (Å²) in [6.45, 7) is 7.98. The van der Waals surface area contributed by atoms with E-state index in [1.165, 1.54) is 15.3 Å². The Balaban J connectivity index is 2.68. The lowest BCUT2D eigenvalue weighted by atomic mass is 10.2. The van der Waals surface area contributed by atoms with Crippen molar-refractivity contribution in [3.63, 3.8) is 0 Å². The van der Waals surface area contributed by atoms with E-state index >= 15 is 0 Å². The van der Waals surface area contributed by atoms with E-state index in [1.807, 2.05) is 18.4 Å². The van der Waals surface area contributed by atoms with Crippen molar-refractivity contribution in [2.75, 3.05) is 20.1 Å². The van der Waals surface area contributed by atoms with Crippen LogP contribution < -0.4 is 5.32 Å². The maximum absolute atomic E-state index is 5.35. The van der Waals surface area contributed by atoms with Crippen molar-refractivity contribution in [2.45, 2.75) is 26.9 Å². The van der Waals surface area contributed by atoms with E-state index < -0.39 is 0 Å². The summed E-state index contributed by atoms with van der Waals surface area (Å²) < 4.78 is 0. The largest absolute Gasteiger partial charge is 0.315 e. The molecule has 0 bridgehead atoms. The first kappa shape index (κ1) is 13.2. The standard InChI is InChI=1S/C13H20N2S/c1-5-7-15(6-2)10-12-8-13(9-14-4)16-11(12)3/h1,8,14H,6-7,9-10H2,2-4H3. The molecular weight excluding hydrogens is 216 g/mol. The van der Waals surface area contributed by atoms with Gasteiger partial charge in [0.1, 0.15) is 0 Å². The lowest BCUT2D eigenvalue weighted by molar-refractivity contribution is 0.316. The molecule has 0 radical (unpaired) electrons. The molecule has 1 aromatic rings. The zero-order valence-corrected chi connectivity index (χ0v) is 11.2. The van der Waals surface area contributed by atoms with Gasteiger partial charge in [0.2, 0.25) is 0 Å². The van der Waals surface area contributed by atoms with Crippen LogP contribution in [0.4, 0.5) is 0 Å². The van der Waals surface area contributed by atoms with Crippen LogP contribution in [0.15, 0.2) is 6.07 Å². The van der Waals surface area contributed by atoms with Gasteiger partial charge in [-0.1, -0.05) is 12.8 Å². The lowest BCUT2D eigenvalue weighted by Crippen LogP contribution is -2.23. The fraction of sp³-hybridized carbons (Fsp3) is 0.538. The normalized spacial score (nSPS) is 10.7. The van der Waals surface area contributed by atoms with Crippen molar-refractivity contribution in [3.05, 3.63) is 21.4 Å². The Hall–Kier alpha value is -0.820. The summed E-state index contributed by atoms with van der Waals surface area (Å²) in [7, 11) is 1.98. The van der Waals surface area contributed by atoms with Gasteiger partial charge in [-0.25, -0.2) is 0 Å². The van der Waals surface area contributed by atoms with Crippen LogP contribution in [-0.4, -0.2) is 25.0 Å². The third-order valence-electron chi connectivity index (χ3n) is 2.58. The van der Waals surface area contributed by atoms with Gasteiger partial charge in [0.25, 0.3) is 0 Å². The van der Waals surface area contributed by atoms with Gasteiger partial charge in [0.15, 0.2) is 0 Å². The van der Waals surface area contributed by atoms with Gasteiger partial charge in [0.05, 0.1) is 6.54 Å². The zero-order valence-electron chi connectivity index (χ0n) is 10.3. The minimum atomic E-state index is 0.729. The van der Waals surface area contributed by atoms with Crippen molar-refractivity contribution >= 4 is 11.3 Å². The second-order valence-electron chi connectivity index (χ2n) is 3.83. The average Bonchev–Trinajstić information content (AvgIpc) is 2.59. The van der Waals surface area contributed by atoms with Gasteiger partial charge in [0, 0.05) is 22.8 Å². The van der Waals surface area contributed by atoms with Crippen LogP contribution in [0.3, 0.4) is 0 Å². The Labute approximate surface area is 103 Å². The number of hydrogen-bond donors (Lipinski definition) is 1. The third kappa shape index (κ3) is 3.64. The van der Waals surface area contributed by atoms with E-state index in [0.717, 1.165) is 26.2 Å². The third-order valence-corrected chi connectivity index (χ3v) is 3.67. The highest BCUT2D eigenvalue weighted by atomic mass is 32.1. The highest BCUT2D eigenvalue weighted by Crippen LogP contribution is 2.22. The second-order valence-corrected chi connectivity index (χ2v) is 5.17. The molecule has 1 rings (SSSR count). The fourth-order valence-electron chi connectivity index (χ4n) is 1.66. The van der Waals surface area contributed by atoms with Gasteiger partial charge in [-0.05, 0) is 32.1 Å². The van der Waals surface area contributed by atoms with E-state index in [-0.39, 0.29) is 0 Å². The number of nitrogens with zero attached hydrogens (tertiary/aromatic N) is 1. The average molecular weight is 236 g/mol. The molecule has 0 amide bonds. The Morgan fingerprint density at radius 2 is 2.31 bits per heavy atom. The number of nitrogens with one attached hydrogen (secondary N) is 1. The first-order valence-electron chi connectivity index (χ1n) is 5.59. The molecule has 1 aromatic heterocycles. The number of hydrogen-bond acceptors (Lipinski definition) is 3. The van der Waals surface area contributed by atoms with Gasteiger partial charge >= 0.3 is 0 Å². The number of aryl methyl sites for hydroxylation is 1. The molecule has 0 aromatic carbocycles. The Bertz CT molecular complexity index is 362. The van der Waals surface area contributed by atoms with Crippen LogP contribution in [0.2, 0.25) is 0 Å². The van der Waals surface area contributed by atoms with E-state index in [1.54, 1.807) is 0 Å². The minimum Gasteiger partial charge on any atom is -0.315 e. The molecule has 0 saturated carbocycles. The molecule has 0 fully saturated rings. The van der Waals surface area contributed by atoms with Gasteiger partial charge in [-0.3, -0.25) is 4.90 Å². The van der Waals surface area contributed by atoms with Crippen LogP contribution in [0.5, 0.6) is 0 Å². The number of terminal acetylenes is 1. The topological polar surface area (TPSA) is 15.3 Å². The van der Waals surface area contributed by atoms with E-state index in [0.29, 0.717) is 0 Å². The van der Waals surface area contributed by atoms with Crippen LogP contribution in [0, 0.1) is 19.3 Å². The number of rotatable bonds is 6. The molecule has 1 N–H and O–H groups in total. The summed E-state index contributed by atoms with van der Waals surface area (Å²) in [6, 6.07) is 2.29. The SMILES string of the molecule is C#CCN(CC)Cc1cc(CNC)sc1C. The van der Waals surface area contributed by atoms with Crippen molar-refractivity contribution in [2.24, 2.45) is 0 Å². The molecule has 0 aliphatic rings. The molecule has 1 heterocycles. The maximum atomic E-state index is 5.35. The highest BCUT2D eigenvalue weighted by Gasteiger charge is 2.08. The van der Waals surface area contributed by atoms with Gasteiger partial charge < -0.3 is 5.32 Å². The van der Waals surface area contributed by atoms with E-state index in [2.05, 4.69) is 36.1 Å². The lowest BCUT2D eigenvalue weighted by Gasteiger charge is -2.16. The van der Waals surface area contributed by atoms with Crippen molar-refractivity contribution in [1.29, 1.82) is 0 Å². The Kier molecular flexibility index (Phi) is 5.54. The van der Waals surface area contributed by atoms with E-state index in [4.69, 9.17) is 6.42 Å². The summed E-state index contributed by atoms with van der Waals surface area (Å²) >= 11 is 1.87. The van der Waals surface area contributed by atoms with Crippen LogP contribution in [-0.2, 0) is 13.1 Å². The fourth-order valence-corrected chi connectivity index (χ4v) is 2.72.